The second-order valence-electron chi connectivity index (χ2n) is 3.82. The molecule has 1 heterocycles. The van der Waals surface area contributed by atoms with E-state index >= 15 is 0 Å². The van der Waals surface area contributed by atoms with E-state index in [1.807, 2.05) is 11.6 Å². The van der Waals surface area contributed by atoms with Gasteiger partial charge >= 0.3 is 0 Å². The van der Waals surface area contributed by atoms with E-state index in [4.69, 9.17) is 0 Å². The number of thiol groups is 1. The van der Waals surface area contributed by atoms with E-state index < -0.39 is 0 Å². The minimum absolute atomic E-state index is 0.0116. The largest absolute Gasteiger partial charge is 0.350 e. The maximum atomic E-state index is 11.7. The Labute approximate surface area is 104 Å². The highest BCUT2D eigenvalue weighted by Crippen LogP contribution is 2.21. The van der Waals surface area contributed by atoms with E-state index in [2.05, 4.69) is 31.8 Å². The van der Waals surface area contributed by atoms with Crippen molar-refractivity contribution in [2.45, 2.75) is 23.5 Å². The van der Waals surface area contributed by atoms with Gasteiger partial charge in [-0.25, -0.2) is 0 Å². The molecule has 1 aromatic heterocycles. The maximum absolute atomic E-state index is 11.7. The lowest BCUT2D eigenvalue weighted by Gasteiger charge is -2.21. The molecule has 0 radical (unpaired) electrons. The lowest BCUT2D eigenvalue weighted by atomic mass is 10.2. The average Bonchev–Trinajstić information content (AvgIpc) is 2.61. The van der Waals surface area contributed by atoms with Gasteiger partial charge in [-0.05, 0) is 26.2 Å². The van der Waals surface area contributed by atoms with Gasteiger partial charge in [0.05, 0.1) is 4.88 Å². The number of hydrogen-bond donors (Lipinski definition) is 2. The van der Waals surface area contributed by atoms with E-state index in [0.29, 0.717) is 6.54 Å². The topological polar surface area (TPSA) is 29.1 Å². The Kier molecular flexibility index (Phi) is 4.55. The van der Waals surface area contributed by atoms with Crippen LogP contribution in [0.4, 0.5) is 0 Å². The van der Waals surface area contributed by atoms with Gasteiger partial charge in [0.15, 0.2) is 0 Å². The van der Waals surface area contributed by atoms with Crippen LogP contribution in [0, 0.1) is 0 Å². The first kappa shape index (κ1) is 12.9. The van der Waals surface area contributed by atoms with Gasteiger partial charge in [0.1, 0.15) is 0 Å². The van der Waals surface area contributed by atoms with Gasteiger partial charge in [-0.1, -0.05) is 0 Å². The highest BCUT2D eigenvalue weighted by molar-refractivity contribution is 7.99. The number of carbonyl (C=O) groups is 1. The Morgan fingerprint density at radius 1 is 1.67 bits per heavy atom. The molecule has 0 aliphatic rings. The maximum Gasteiger partial charge on any atom is 0.261 e. The zero-order valence-corrected chi connectivity index (χ0v) is 11.6. The van der Waals surface area contributed by atoms with Crippen molar-refractivity contribution >= 4 is 41.6 Å². The molecule has 15 heavy (non-hydrogen) atoms. The zero-order chi connectivity index (χ0) is 11.5. The molecule has 0 bridgehead atoms. The SMILES string of the molecule is CSC(C)(C)CNC(=O)c1cc(S)cs1. The third kappa shape index (κ3) is 4.09. The van der Waals surface area contributed by atoms with E-state index in [9.17, 15) is 4.79 Å². The molecule has 1 aromatic rings. The molecule has 0 aromatic carbocycles. The molecule has 0 spiro atoms. The van der Waals surface area contributed by atoms with Crippen LogP contribution in [0.15, 0.2) is 16.3 Å². The number of nitrogens with one attached hydrogen (secondary N) is 1. The Morgan fingerprint density at radius 3 is 2.80 bits per heavy atom. The number of amides is 1. The van der Waals surface area contributed by atoms with E-state index in [1.165, 1.54) is 11.3 Å². The predicted molar refractivity (Wildman–Crippen MR) is 71.5 cm³/mol. The van der Waals surface area contributed by atoms with Crippen LogP contribution in [0.1, 0.15) is 23.5 Å². The van der Waals surface area contributed by atoms with Gasteiger partial charge in [-0.3, -0.25) is 4.79 Å². The fourth-order valence-electron chi connectivity index (χ4n) is 0.898. The Hall–Kier alpha value is -0.130. The highest BCUT2D eigenvalue weighted by atomic mass is 32.2. The molecule has 0 fully saturated rings. The molecule has 0 saturated heterocycles. The molecule has 1 amide bonds. The Balaban J connectivity index is 2.50. The van der Waals surface area contributed by atoms with Crippen LogP contribution in [0.5, 0.6) is 0 Å². The van der Waals surface area contributed by atoms with Crippen LogP contribution < -0.4 is 5.32 Å². The molecule has 0 unspecified atom stereocenters. The van der Waals surface area contributed by atoms with Crippen molar-refractivity contribution < 1.29 is 4.79 Å². The normalized spacial score (nSPS) is 11.5. The number of rotatable bonds is 4. The van der Waals surface area contributed by atoms with Crippen LogP contribution >= 0.6 is 35.7 Å². The first-order valence-corrected chi connectivity index (χ1v) is 7.10. The van der Waals surface area contributed by atoms with Crippen molar-refractivity contribution in [2.24, 2.45) is 0 Å². The quantitative estimate of drug-likeness (QED) is 0.816. The van der Waals surface area contributed by atoms with Gasteiger partial charge in [0.2, 0.25) is 0 Å². The number of thioether (sulfide) groups is 1. The van der Waals surface area contributed by atoms with Gasteiger partial charge in [-0.2, -0.15) is 11.8 Å². The fraction of sp³-hybridized carbons (Fsp3) is 0.500. The molecular weight excluding hydrogens is 246 g/mol. The van der Waals surface area contributed by atoms with E-state index in [-0.39, 0.29) is 10.7 Å². The number of hydrogen-bond acceptors (Lipinski definition) is 4. The highest BCUT2D eigenvalue weighted by Gasteiger charge is 2.17. The number of thiophene rings is 1. The summed E-state index contributed by atoms with van der Waals surface area (Å²) >= 11 is 7.33. The van der Waals surface area contributed by atoms with Crippen LogP contribution in [-0.2, 0) is 0 Å². The van der Waals surface area contributed by atoms with Gasteiger partial charge in [-0.15, -0.1) is 24.0 Å². The number of carbonyl (C=O) groups excluding carboxylic acids is 1. The first-order valence-electron chi connectivity index (χ1n) is 4.55. The van der Waals surface area contributed by atoms with Gasteiger partial charge in [0.25, 0.3) is 5.91 Å². The van der Waals surface area contributed by atoms with Crippen LogP contribution in [-0.4, -0.2) is 23.5 Å². The third-order valence-corrected chi connectivity index (χ3v) is 4.65. The standard InChI is InChI=1S/C10H15NOS3/c1-10(2,14-3)6-11-9(12)8-4-7(13)5-15-8/h4-5,13H,6H2,1-3H3,(H,11,12). The summed E-state index contributed by atoms with van der Waals surface area (Å²) in [6.45, 7) is 4.89. The van der Waals surface area contributed by atoms with Crippen LogP contribution in [0.2, 0.25) is 0 Å². The second kappa shape index (κ2) is 5.27. The summed E-state index contributed by atoms with van der Waals surface area (Å²) < 4.78 is 0.0801. The minimum Gasteiger partial charge on any atom is -0.350 e. The minimum atomic E-state index is -0.0116. The van der Waals surface area contributed by atoms with Crippen molar-refractivity contribution in [3.63, 3.8) is 0 Å². The summed E-state index contributed by atoms with van der Waals surface area (Å²) in [5.41, 5.74) is 0. The molecule has 0 aliphatic heterocycles. The third-order valence-electron chi connectivity index (χ3n) is 2.04. The zero-order valence-electron chi connectivity index (χ0n) is 9.03. The van der Waals surface area contributed by atoms with Crippen LogP contribution in [0.3, 0.4) is 0 Å². The molecule has 1 rings (SSSR count). The fourth-order valence-corrected chi connectivity index (χ4v) is 2.18. The van der Waals surface area contributed by atoms with Gasteiger partial charge in [0, 0.05) is 21.6 Å². The van der Waals surface area contributed by atoms with Gasteiger partial charge < -0.3 is 5.32 Å². The molecule has 5 heteroatoms. The summed E-state index contributed by atoms with van der Waals surface area (Å²) in [6.07, 6.45) is 2.04. The van der Waals surface area contributed by atoms with Crippen LogP contribution in [0.25, 0.3) is 0 Å². The Morgan fingerprint density at radius 2 is 2.33 bits per heavy atom. The Bertz CT molecular complexity index is 346. The molecule has 84 valence electrons. The van der Waals surface area contributed by atoms with Crippen molar-refractivity contribution in [3.8, 4) is 0 Å². The molecular formula is C10H15NOS3. The first-order chi connectivity index (χ1) is 6.94. The smallest absolute Gasteiger partial charge is 0.261 e. The monoisotopic (exact) mass is 261 g/mol. The lowest BCUT2D eigenvalue weighted by Crippen LogP contribution is -2.35. The second-order valence-corrected chi connectivity index (χ2v) is 6.76. The molecule has 0 atom stereocenters. The van der Waals surface area contributed by atoms with Crippen molar-refractivity contribution in [3.05, 3.63) is 16.3 Å². The molecule has 1 N–H and O–H groups in total. The summed E-state index contributed by atoms with van der Waals surface area (Å²) in [5, 5.41) is 4.78. The van der Waals surface area contributed by atoms with Crippen molar-refractivity contribution in [1.29, 1.82) is 0 Å². The summed E-state index contributed by atoms with van der Waals surface area (Å²) in [6, 6.07) is 1.79. The summed E-state index contributed by atoms with van der Waals surface area (Å²) in [7, 11) is 0. The molecule has 2 nitrogen and oxygen atoms in total. The van der Waals surface area contributed by atoms with Crippen molar-refractivity contribution in [1.82, 2.24) is 5.32 Å². The summed E-state index contributed by atoms with van der Waals surface area (Å²) in [4.78, 5) is 13.2. The molecule has 0 aliphatic carbocycles. The average molecular weight is 261 g/mol. The predicted octanol–water partition coefficient (Wildman–Crippen LogP) is 2.91. The molecule has 0 saturated carbocycles. The lowest BCUT2D eigenvalue weighted by molar-refractivity contribution is 0.0955. The van der Waals surface area contributed by atoms with E-state index in [1.54, 1.807) is 17.8 Å². The van der Waals surface area contributed by atoms with E-state index in [0.717, 1.165) is 9.77 Å². The van der Waals surface area contributed by atoms with Crippen molar-refractivity contribution in [2.75, 3.05) is 12.8 Å². The summed E-state index contributed by atoms with van der Waals surface area (Å²) in [5.74, 6) is -0.0116.